The van der Waals surface area contributed by atoms with Crippen molar-refractivity contribution in [1.82, 2.24) is 14.7 Å². The van der Waals surface area contributed by atoms with Crippen molar-refractivity contribution in [3.8, 4) is 0 Å². The molecule has 3 amide bonds. The van der Waals surface area contributed by atoms with Crippen LogP contribution in [0.4, 0.5) is 11.4 Å². The number of carbonyl (C=O) groups is 3. The first kappa shape index (κ1) is 19.1. The van der Waals surface area contributed by atoms with Gasteiger partial charge in [-0.1, -0.05) is 19.1 Å². The highest BCUT2D eigenvalue weighted by Gasteiger charge is 2.21. The van der Waals surface area contributed by atoms with Gasteiger partial charge in [0.2, 0.25) is 11.7 Å². The van der Waals surface area contributed by atoms with Crippen molar-refractivity contribution in [3.05, 3.63) is 60.2 Å². The minimum absolute atomic E-state index is 0.146. The molecule has 144 valence electrons. The molecule has 28 heavy (non-hydrogen) atoms. The number of pyridine rings is 1. The van der Waals surface area contributed by atoms with E-state index in [4.69, 9.17) is 0 Å². The van der Waals surface area contributed by atoms with Gasteiger partial charge in [0.15, 0.2) is 5.69 Å². The van der Waals surface area contributed by atoms with Gasteiger partial charge in [-0.25, -0.2) is 4.98 Å². The third-order valence-corrected chi connectivity index (χ3v) is 3.94. The Hall–Kier alpha value is -3.68. The molecule has 3 rings (SSSR count). The highest BCUT2D eigenvalue weighted by atomic mass is 16.2. The molecule has 8 nitrogen and oxygen atoms in total. The van der Waals surface area contributed by atoms with Crippen molar-refractivity contribution in [2.75, 3.05) is 17.2 Å². The second kappa shape index (κ2) is 8.34. The number of carbonyl (C=O) groups excluding carboxylic acids is 3. The number of benzene rings is 1. The summed E-state index contributed by atoms with van der Waals surface area (Å²) >= 11 is 0. The summed E-state index contributed by atoms with van der Waals surface area (Å²) in [6.45, 7) is 3.89. The molecule has 0 aliphatic carbocycles. The Morgan fingerprint density at radius 1 is 1.00 bits per heavy atom. The van der Waals surface area contributed by atoms with Crippen LogP contribution in [-0.2, 0) is 4.79 Å². The Bertz CT molecular complexity index is 1040. The molecule has 2 heterocycles. The average molecular weight is 379 g/mol. The van der Waals surface area contributed by atoms with E-state index < -0.39 is 5.91 Å². The van der Waals surface area contributed by atoms with Gasteiger partial charge in [0.05, 0.1) is 5.52 Å². The number of fused-ring (bicyclic) bond motifs is 1. The molecular formula is C20H21N5O3. The number of anilines is 2. The summed E-state index contributed by atoms with van der Waals surface area (Å²) in [5, 5.41) is 8.20. The normalized spacial score (nSPS) is 10.5. The zero-order chi connectivity index (χ0) is 20.1. The van der Waals surface area contributed by atoms with Crippen LogP contribution >= 0.6 is 0 Å². The Kier molecular flexibility index (Phi) is 5.69. The Morgan fingerprint density at radius 3 is 2.46 bits per heavy atom. The second-order valence-corrected chi connectivity index (χ2v) is 6.21. The Labute approximate surface area is 162 Å². The van der Waals surface area contributed by atoms with E-state index in [1.807, 2.05) is 6.92 Å². The van der Waals surface area contributed by atoms with E-state index in [0.717, 1.165) is 6.42 Å². The number of aromatic nitrogens is 2. The quantitative estimate of drug-likeness (QED) is 0.612. The summed E-state index contributed by atoms with van der Waals surface area (Å²) in [7, 11) is 0. The molecule has 0 spiro atoms. The molecule has 8 heteroatoms. The van der Waals surface area contributed by atoms with Gasteiger partial charge in [-0.05, 0) is 36.8 Å². The molecule has 3 aromatic rings. The summed E-state index contributed by atoms with van der Waals surface area (Å²) in [6, 6.07) is 12.1. The molecule has 0 atom stereocenters. The summed E-state index contributed by atoms with van der Waals surface area (Å²) in [6.07, 6.45) is 2.49. The van der Waals surface area contributed by atoms with Crippen LogP contribution in [0.15, 0.2) is 48.7 Å². The SMILES string of the molecule is CCCNC(=O)c1nc(C(=O)Nc2cccc(NC(C)=O)c2)c2ccccn12. The smallest absolute Gasteiger partial charge is 0.287 e. The van der Waals surface area contributed by atoms with Crippen LogP contribution in [0.1, 0.15) is 41.4 Å². The number of hydrogen-bond acceptors (Lipinski definition) is 4. The molecule has 0 aliphatic heterocycles. The maximum atomic E-state index is 12.8. The van der Waals surface area contributed by atoms with Crippen LogP contribution in [0.5, 0.6) is 0 Å². The summed E-state index contributed by atoms with van der Waals surface area (Å²) in [4.78, 5) is 40.7. The molecule has 0 aliphatic rings. The fraction of sp³-hybridized carbons (Fsp3) is 0.200. The van der Waals surface area contributed by atoms with Gasteiger partial charge in [0, 0.05) is 31.0 Å². The largest absolute Gasteiger partial charge is 0.349 e. The van der Waals surface area contributed by atoms with E-state index in [1.54, 1.807) is 53.1 Å². The van der Waals surface area contributed by atoms with Crippen molar-refractivity contribution in [2.45, 2.75) is 20.3 Å². The minimum Gasteiger partial charge on any atom is -0.349 e. The van der Waals surface area contributed by atoms with Crippen molar-refractivity contribution < 1.29 is 14.4 Å². The Balaban J connectivity index is 1.90. The molecule has 0 bridgehead atoms. The topological polar surface area (TPSA) is 105 Å². The van der Waals surface area contributed by atoms with Gasteiger partial charge in [-0.3, -0.25) is 18.8 Å². The second-order valence-electron chi connectivity index (χ2n) is 6.21. The van der Waals surface area contributed by atoms with Gasteiger partial charge < -0.3 is 16.0 Å². The molecule has 0 radical (unpaired) electrons. The average Bonchev–Trinajstić information content (AvgIpc) is 3.06. The maximum absolute atomic E-state index is 12.8. The maximum Gasteiger partial charge on any atom is 0.287 e. The highest BCUT2D eigenvalue weighted by Crippen LogP contribution is 2.18. The molecule has 0 saturated heterocycles. The van der Waals surface area contributed by atoms with Crippen molar-refractivity contribution in [1.29, 1.82) is 0 Å². The van der Waals surface area contributed by atoms with E-state index in [2.05, 4.69) is 20.9 Å². The molecule has 3 N–H and O–H groups in total. The molecule has 0 unspecified atom stereocenters. The van der Waals surface area contributed by atoms with E-state index in [9.17, 15) is 14.4 Å². The van der Waals surface area contributed by atoms with E-state index in [0.29, 0.717) is 23.4 Å². The lowest BCUT2D eigenvalue weighted by atomic mass is 10.2. The van der Waals surface area contributed by atoms with Crippen molar-refractivity contribution in [3.63, 3.8) is 0 Å². The van der Waals surface area contributed by atoms with E-state index >= 15 is 0 Å². The van der Waals surface area contributed by atoms with Gasteiger partial charge >= 0.3 is 0 Å². The number of nitrogens with zero attached hydrogens (tertiary/aromatic N) is 2. The van der Waals surface area contributed by atoms with Gasteiger partial charge in [-0.2, -0.15) is 0 Å². The lowest BCUT2D eigenvalue weighted by Gasteiger charge is -2.07. The van der Waals surface area contributed by atoms with Crippen LogP contribution in [-0.4, -0.2) is 33.7 Å². The lowest BCUT2D eigenvalue weighted by molar-refractivity contribution is -0.114. The van der Waals surface area contributed by atoms with Crippen molar-refractivity contribution in [2.24, 2.45) is 0 Å². The van der Waals surface area contributed by atoms with Crippen LogP contribution in [0.25, 0.3) is 5.52 Å². The van der Waals surface area contributed by atoms with Crippen molar-refractivity contribution >= 4 is 34.6 Å². The number of rotatable bonds is 6. The van der Waals surface area contributed by atoms with Crippen LogP contribution in [0, 0.1) is 0 Å². The Morgan fingerprint density at radius 2 is 1.75 bits per heavy atom. The summed E-state index contributed by atoms with van der Waals surface area (Å²) < 4.78 is 1.59. The number of nitrogens with one attached hydrogen (secondary N) is 3. The summed E-state index contributed by atoms with van der Waals surface area (Å²) in [5.74, 6) is -0.833. The van der Waals surface area contributed by atoms with Gasteiger partial charge in [-0.15, -0.1) is 0 Å². The van der Waals surface area contributed by atoms with E-state index in [-0.39, 0.29) is 23.3 Å². The minimum atomic E-state index is -0.446. The molecule has 0 fully saturated rings. The van der Waals surface area contributed by atoms with Gasteiger partial charge in [0.1, 0.15) is 0 Å². The molecule has 0 saturated carbocycles. The standard InChI is InChI=1S/C20H21N5O3/c1-3-10-21-20(28)18-24-17(16-9-4-5-11-25(16)18)19(27)23-15-8-6-7-14(12-15)22-13(2)26/h4-9,11-12H,3,10H2,1-2H3,(H,21,28)(H,22,26)(H,23,27). The molecular weight excluding hydrogens is 358 g/mol. The third kappa shape index (κ3) is 4.17. The predicted octanol–water partition coefficient (Wildman–Crippen LogP) is 2.68. The zero-order valence-electron chi connectivity index (χ0n) is 15.7. The third-order valence-electron chi connectivity index (χ3n) is 3.94. The number of amides is 3. The first-order valence-corrected chi connectivity index (χ1v) is 8.94. The van der Waals surface area contributed by atoms with Crippen LogP contribution in [0.3, 0.4) is 0 Å². The zero-order valence-corrected chi connectivity index (χ0v) is 15.7. The summed E-state index contributed by atoms with van der Waals surface area (Å²) in [5.41, 5.74) is 1.75. The first-order valence-electron chi connectivity index (χ1n) is 8.94. The highest BCUT2D eigenvalue weighted by molar-refractivity contribution is 6.09. The lowest BCUT2D eigenvalue weighted by Crippen LogP contribution is -2.26. The predicted molar refractivity (Wildman–Crippen MR) is 107 cm³/mol. The molecule has 2 aromatic heterocycles. The van der Waals surface area contributed by atoms with E-state index in [1.165, 1.54) is 6.92 Å². The van der Waals surface area contributed by atoms with Crippen LogP contribution < -0.4 is 16.0 Å². The monoisotopic (exact) mass is 379 g/mol. The van der Waals surface area contributed by atoms with Crippen LogP contribution in [0.2, 0.25) is 0 Å². The fourth-order valence-corrected chi connectivity index (χ4v) is 2.75. The fourth-order valence-electron chi connectivity index (χ4n) is 2.75. The number of imidazole rings is 1. The number of hydrogen-bond donors (Lipinski definition) is 3. The first-order chi connectivity index (χ1) is 13.5. The van der Waals surface area contributed by atoms with Gasteiger partial charge in [0.25, 0.3) is 11.8 Å². The molecule has 1 aromatic carbocycles.